The van der Waals surface area contributed by atoms with Gasteiger partial charge >= 0.3 is 0 Å². The van der Waals surface area contributed by atoms with Crippen LogP contribution in [0.5, 0.6) is 0 Å². The van der Waals surface area contributed by atoms with Crippen LogP contribution in [0.15, 0.2) is 12.4 Å². The van der Waals surface area contributed by atoms with Crippen LogP contribution in [0.2, 0.25) is 0 Å². The lowest BCUT2D eigenvalue weighted by Gasteiger charge is -2.45. The van der Waals surface area contributed by atoms with Crippen LogP contribution in [0.3, 0.4) is 0 Å². The Balaban J connectivity index is 1.81. The van der Waals surface area contributed by atoms with E-state index in [0.717, 1.165) is 13.0 Å². The van der Waals surface area contributed by atoms with E-state index in [1.807, 2.05) is 17.9 Å². The molecular formula is C17H30N4. The lowest BCUT2D eigenvalue weighted by atomic mass is 9.83. The number of hydrogen-bond acceptors (Lipinski definition) is 3. The number of aryl methyl sites for hydroxylation is 1. The zero-order chi connectivity index (χ0) is 14.7. The van der Waals surface area contributed by atoms with Gasteiger partial charge in [-0.3, -0.25) is 9.58 Å². The molecule has 1 N–H and O–H groups in total. The van der Waals surface area contributed by atoms with Gasteiger partial charge in [0.1, 0.15) is 0 Å². The summed E-state index contributed by atoms with van der Waals surface area (Å²) in [7, 11) is 2.01. The smallest absolute Gasteiger partial charge is 0.0522 e. The summed E-state index contributed by atoms with van der Waals surface area (Å²) in [5, 5.41) is 8.17. The molecule has 1 aromatic heterocycles. The first-order valence-corrected chi connectivity index (χ1v) is 8.70. The fourth-order valence-electron chi connectivity index (χ4n) is 4.55. The van der Waals surface area contributed by atoms with Gasteiger partial charge in [-0.15, -0.1) is 0 Å². The van der Waals surface area contributed by atoms with Crippen molar-refractivity contribution >= 4 is 0 Å². The van der Waals surface area contributed by atoms with Crippen molar-refractivity contribution in [2.24, 2.45) is 7.05 Å². The third kappa shape index (κ3) is 3.02. The summed E-state index contributed by atoms with van der Waals surface area (Å²) in [4.78, 5) is 2.81. The molecule has 0 bridgehead atoms. The van der Waals surface area contributed by atoms with Gasteiger partial charge in [-0.25, -0.2) is 0 Å². The molecule has 1 atom stereocenters. The number of hydrogen-bond donors (Lipinski definition) is 1. The number of nitrogens with zero attached hydrogens (tertiary/aromatic N) is 3. The van der Waals surface area contributed by atoms with E-state index < -0.39 is 0 Å². The van der Waals surface area contributed by atoms with Crippen LogP contribution < -0.4 is 5.32 Å². The maximum atomic E-state index is 4.35. The van der Waals surface area contributed by atoms with Crippen molar-refractivity contribution in [1.82, 2.24) is 20.0 Å². The van der Waals surface area contributed by atoms with Gasteiger partial charge in [0.2, 0.25) is 0 Å². The Hall–Kier alpha value is -0.870. The number of nitrogens with one attached hydrogen (secondary N) is 1. The summed E-state index contributed by atoms with van der Waals surface area (Å²) < 4.78 is 1.93. The summed E-state index contributed by atoms with van der Waals surface area (Å²) in [5.74, 6) is 0. The molecule has 2 heterocycles. The van der Waals surface area contributed by atoms with Crippen molar-refractivity contribution in [3.63, 3.8) is 0 Å². The van der Waals surface area contributed by atoms with Gasteiger partial charge in [-0.05, 0) is 57.3 Å². The van der Waals surface area contributed by atoms with Gasteiger partial charge in [-0.1, -0.05) is 19.8 Å². The molecule has 2 fully saturated rings. The monoisotopic (exact) mass is 290 g/mol. The summed E-state index contributed by atoms with van der Waals surface area (Å²) in [5.41, 5.74) is 1.76. The Labute approximate surface area is 128 Å². The number of likely N-dealkylation sites (tertiary alicyclic amines) is 1. The standard InChI is InChI=1S/C17H30N4/c1-3-18-16(12-15-13-19-20(2)14-15)17(8-4-5-9-17)21-10-6-7-11-21/h13-14,16,18H,3-12H2,1-2H3. The zero-order valence-corrected chi connectivity index (χ0v) is 13.6. The van der Waals surface area contributed by atoms with Gasteiger partial charge in [0.15, 0.2) is 0 Å². The Kier molecular flexibility index (Phi) is 4.65. The minimum atomic E-state index is 0.391. The van der Waals surface area contributed by atoms with Crippen LogP contribution in [0.4, 0.5) is 0 Å². The van der Waals surface area contributed by atoms with E-state index in [9.17, 15) is 0 Å². The highest BCUT2D eigenvalue weighted by Crippen LogP contribution is 2.41. The van der Waals surface area contributed by atoms with Crippen LogP contribution in [-0.2, 0) is 13.5 Å². The molecule has 21 heavy (non-hydrogen) atoms. The van der Waals surface area contributed by atoms with Crippen molar-refractivity contribution in [2.75, 3.05) is 19.6 Å². The first-order chi connectivity index (χ1) is 10.2. The predicted molar refractivity (Wildman–Crippen MR) is 86.4 cm³/mol. The van der Waals surface area contributed by atoms with E-state index in [2.05, 4.69) is 28.4 Å². The highest BCUT2D eigenvalue weighted by Gasteiger charge is 2.46. The summed E-state index contributed by atoms with van der Waals surface area (Å²) in [6.45, 7) is 5.90. The van der Waals surface area contributed by atoms with E-state index in [-0.39, 0.29) is 0 Å². The third-order valence-electron chi connectivity index (χ3n) is 5.50. The number of likely N-dealkylation sites (N-methyl/N-ethyl adjacent to an activating group) is 1. The van der Waals surface area contributed by atoms with Crippen molar-refractivity contribution in [3.8, 4) is 0 Å². The summed E-state index contributed by atoms with van der Waals surface area (Å²) in [6, 6.07) is 0.562. The quantitative estimate of drug-likeness (QED) is 0.873. The Morgan fingerprint density at radius 2 is 1.95 bits per heavy atom. The molecule has 4 heteroatoms. The SMILES string of the molecule is CCNC(Cc1cnn(C)c1)C1(N2CCCC2)CCCC1. The molecule has 0 aromatic carbocycles. The second-order valence-corrected chi connectivity index (χ2v) is 6.84. The Morgan fingerprint density at radius 1 is 1.24 bits per heavy atom. The maximum Gasteiger partial charge on any atom is 0.0522 e. The minimum absolute atomic E-state index is 0.391. The van der Waals surface area contributed by atoms with Gasteiger partial charge in [-0.2, -0.15) is 5.10 Å². The minimum Gasteiger partial charge on any atom is -0.312 e. The Bertz CT molecular complexity index is 441. The van der Waals surface area contributed by atoms with Gasteiger partial charge in [0, 0.05) is 24.8 Å². The van der Waals surface area contributed by atoms with Crippen molar-refractivity contribution in [2.45, 2.75) is 63.5 Å². The normalized spacial score (nSPS) is 23.7. The highest BCUT2D eigenvalue weighted by atomic mass is 15.3. The maximum absolute atomic E-state index is 4.35. The topological polar surface area (TPSA) is 33.1 Å². The van der Waals surface area contributed by atoms with Crippen molar-refractivity contribution in [1.29, 1.82) is 0 Å². The molecule has 1 saturated heterocycles. The molecule has 1 aromatic rings. The highest BCUT2D eigenvalue weighted by molar-refractivity contribution is 5.13. The molecule has 1 aliphatic heterocycles. The van der Waals surface area contributed by atoms with Crippen LogP contribution in [0.25, 0.3) is 0 Å². The lowest BCUT2D eigenvalue weighted by Crippen LogP contribution is -2.60. The molecule has 118 valence electrons. The summed E-state index contributed by atoms with van der Waals surface area (Å²) >= 11 is 0. The van der Waals surface area contributed by atoms with E-state index in [1.165, 1.54) is 57.2 Å². The van der Waals surface area contributed by atoms with Crippen molar-refractivity contribution in [3.05, 3.63) is 18.0 Å². The van der Waals surface area contributed by atoms with Crippen LogP contribution in [0.1, 0.15) is 51.0 Å². The molecule has 1 aliphatic carbocycles. The average molecular weight is 290 g/mol. The molecule has 0 amide bonds. The van der Waals surface area contributed by atoms with Crippen LogP contribution in [-0.4, -0.2) is 45.9 Å². The zero-order valence-electron chi connectivity index (χ0n) is 13.6. The third-order valence-corrected chi connectivity index (χ3v) is 5.50. The average Bonchev–Trinajstić information content (AvgIpc) is 3.20. The molecular weight excluding hydrogens is 260 g/mol. The molecule has 1 saturated carbocycles. The van der Waals surface area contributed by atoms with E-state index in [1.54, 1.807) is 0 Å². The lowest BCUT2D eigenvalue weighted by molar-refractivity contribution is 0.0772. The van der Waals surface area contributed by atoms with Gasteiger partial charge < -0.3 is 5.32 Å². The van der Waals surface area contributed by atoms with Gasteiger partial charge in [0.05, 0.1) is 6.20 Å². The first kappa shape index (κ1) is 15.0. The summed E-state index contributed by atoms with van der Waals surface area (Å²) in [6.07, 6.45) is 13.6. The Morgan fingerprint density at radius 3 is 2.52 bits per heavy atom. The molecule has 1 unspecified atom stereocenters. The van der Waals surface area contributed by atoms with E-state index >= 15 is 0 Å². The van der Waals surface area contributed by atoms with Crippen molar-refractivity contribution < 1.29 is 0 Å². The molecule has 0 spiro atoms. The largest absolute Gasteiger partial charge is 0.312 e. The fraction of sp³-hybridized carbons (Fsp3) is 0.824. The molecule has 0 radical (unpaired) electrons. The van der Waals surface area contributed by atoms with E-state index in [4.69, 9.17) is 0 Å². The predicted octanol–water partition coefficient (Wildman–Crippen LogP) is 2.35. The van der Waals surface area contributed by atoms with E-state index in [0.29, 0.717) is 11.6 Å². The number of rotatable bonds is 6. The molecule has 4 nitrogen and oxygen atoms in total. The van der Waals surface area contributed by atoms with Gasteiger partial charge in [0.25, 0.3) is 0 Å². The van der Waals surface area contributed by atoms with Crippen LogP contribution in [0, 0.1) is 0 Å². The second-order valence-electron chi connectivity index (χ2n) is 6.84. The second kappa shape index (κ2) is 6.49. The molecule has 2 aliphatic rings. The van der Waals surface area contributed by atoms with Crippen LogP contribution >= 0.6 is 0 Å². The number of aromatic nitrogens is 2. The molecule has 3 rings (SSSR count). The first-order valence-electron chi connectivity index (χ1n) is 8.70. The fourth-order valence-corrected chi connectivity index (χ4v) is 4.55.